The van der Waals surface area contributed by atoms with Crippen LogP contribution in [0.15, 0.2) is 42.0 Å². The van der Waals surface area contributed by atoms with Crippen molar-refractivity contribution in [2.24, 2.45) is 0 Å². The van der Waals surface area contributed by atoms with Crippen LogP contribution in [0.4, 0.5) is 0 Å². The van der Waals surface area contributed by atoms with Gasteiger partial charge in [0.25, 0.3) is 0 Å². The number of rotatable bonds is 1. The van der Waals surface area contributed by atoms with Crippen LogP contribution in [-0.2, 0) is 0 Å². The Kier molecular flexibility index (Phi) is 2.69. The van der Waals surface area contributed by atoms with Crippen LogP contribution < -0.4 is 0 Å². The van der Waals surface area contributed by atoms with Gasteiger partial charge in [-0.15, -0.1) is 0 Å². The van der Waals surface area contributed by atoms with Crippen molar-refractivity contribution in [3.63, 3.8) is 0 Å². The predicted octanol–water partition coefficient (Wildman–Crippen LogP) is 3.01. The predicted molar refractivity (Wildman–Crippen MR) is 60.2 cm³/mol. The molecule has 14 heavy (non-hydrogen) atoms. The van der Waals surface area contributed by atoms with Crippen molar-refractivity contribution in [3.05, 3.63) is 47.5 Å². The summed E-state index contributed by atoms with van der Waals surface area (Å²) in [5, 5.41) is 0. The van der Waals surface area contributed by atoms with Gasteiger partial charge in [0.15, 0.2) is 0 Å². The molecule has 1 nitrogen and oxygen atoms in total. The maximum absolute atomic E-state index is 2.42. The van der Waals surface area contributed by atoms with Crippen LogP contribution in [0, 0.1) is 0 Å². The van der Waals surface area contributed by atoms with E-state index in [2.05, 4.69) is 55.3 Å². The van der Waals surface area contributed by atoms with E-state index < -0.39 is 0 Å². The average molecular weight is 187 g/mol. The Hall–Kier alpha value is -1.08. The molecule has 74 valence electrons. The maximum atomic E-state index is 2.42. The van der Waals surface area contributed by atoms with Crippen molar-refractivity contribution in [2.75, 3.05) is 13.6 Å². The molecular weight excluding hydrogens is 170 g/mol. The molecule has 1 aliphatic heterocycles. The zero-order valence-electron chi connectivity index (χ0n) is 8.90. The summed E-state index contributed by atoms with van der Waals surface area (Å²) in [6.45, 7) is 3.39. The minimum Gasteiger partial charge on any atom is -0.295 e. The fourth-order valence-electron chi connectivity index (χ4n) is 2.24. The fraction of sp³-hybridized carbons (Fsp3) is 0.385. The third-order valence-electron chi connectivity index (χ3n) is 2.94. The van der Waals surface area contributed by atoms with Crippen molar-refractivity contribution >= 4 is 0 Å². The van der Waals surface area contributed by atoms with Gasteiger partial charge in [0.1, 0.15) is 0 Å². The fourth-order valence-corrected chi connectivity index (χ4v) is 2.24. The van der Waals surface area contributed by atoms with Gasteiger partial charge in [0.2, 0.25) is 0 Å². The molecule has 1 aromatic rings. The van der Waals surface area contributed by atoms with Gasteiger partial charge in [-0.1, -0.05) is 42.0 Å². The summed E-state index contributed by atoms with van der Waals surface area (Å²) in [6.07, 6.45) is 3.54. The Balaban J connectivity index is 2.32. The second-order valence-electron chi connectivity index (χ2n) is 4.03. The van der Waals surface area contributed by atoms with Crippen LogP contribution in [-0.4, -0.2) is 18.5 Å². The lowest BCUT2D eigenvalue weighted by Crippen LogP contribution is -2.29. The van der Waals surface area contributed by atoms with E-state index in [0.717, 1.165) is 6.54 Å². The van der Waals surface area contributed by atoms with Crippen LogP contribution in [0.2, 0.25) is 0 Å². The quantitative estimate of drug-likeness (QED) is 0.611. The summed E-state index contributed by atoms with van der Waals surface area (Å²) in [5.74, 6) is 0. The van der Waals surface area contributed by atoms with E-state index in [-0.39, 0.29) is 0 Å². The van der Waals surface area contributed by atoms with Crippen molar-refractivity contribution in [1.82, 2.24) is 4.90 Å². The first-order chi connectivity index (χ1) is 6.79. The highest BCUT2D eigenvalue weighted by atomic mass is 15.1. The molecule has 0 amide bonds. The van der Waals surface area contributed by atoms with Gasteiger partial charge in [-0.2, -0.15) is 0 Å². The summed E-state index contributed by atoms with van der Waals surface area (Å²) in [7, 11) is 2.20. The smallest absolute Gasteiger partial charge is 0.0556 e. The average Bonchev–Trinajstić information content (AvgIpc) is 2.19. The highest BCUT2D eigenvalue weighted by Crippen LogP contribution is 2.30. The summed E-state index contributed by atoms with van der Waals surface area (Å²) >= 11 is 0. The summed E-state index contributed by atoms with van der Waals surface area (Å²) < 4.78 is 0. The number of hydrogen-bond acceptors (Lipinski definition) is 1. The van der Waals surface area contributed by atoms with E-state index in [0.29, 0.717) is 6.04 Å². The molecular formula is C13H17N. The van der Waals surface area contributed by atoms with Gasteiger partial charge in [-0.25, -0.2) is 0 Å². The molecule has 1 heteroatoms. The second kappa shape index (κ2) is 3.97. The van der Waals surface area contributed by atoms with Gasteiger partial charge in [0.05, 0.1) is 6.04 Å². The minimum absolute atomic E-state index is 0.491. The van der Waals surface area contributed by atoms with E-state index in [1.54, 1.807) is 0 Å². The summed E-state index contributed by atoms with van der Waals surface area (Å²) in [6, 6.07) is 11.2. The summed E-state index contributed by atoms with van der Waals surface area (Å²) in [5.41, 5.74) is 2.88. The number of nitrogens with zero attached hydrogens (tertiary/aromatic N) is 1. The molecule has 0 N–H and O–H groups in total. The van der Waals surface area contributed by atoms with Crippen LogP contribution in [0.3, 0.4) is 0 Å². The molecule has 0 aliphatic carbocycles. The highest BCUT2D eigenvalue weighted by Gasteiger charge is 2.20. The van der Waals surface area contributed by atoms with Crippen molar-refractivity contribution < 1.29 is 0 Å². The molecule has 0 spiro atoms. The van der Waals surface area contributed by atoms with Gasteiger partial charge >= 0.3 is 0 Å². The Morgan fingerprint density at radius 1 is 1.21 bits per heavy atom. The lowest BCUT2D eigenvalue weighted by atomic mass is 9.95. The van der Waals surface area contributed by atoms with Crippen LogP contribution in [0.1, 0.15) is 24.9 Å². The zero-order valence-corrected chi connectivity index (χ0v) is 8.90. The molecule has 0 unspecified atom stereocenters. The van der Waals surface area contributed by atoms with E-state index in [9.17, 15) is 0 Å². The van der Waals surface area contributed by atoms with Gasteiger partial charge in [-0.3, -0.25) is 4.90 Å². The lowest BCUT2D eigenvalue weighted by molar-refractivity contribution is 0.266. The third-order valence-corrected chi connectivity index (χ3v) is 2.94. The SMILES string of the molecule is CC1=CCCN(C)[C@@H]1c1ccccc1. The number of likely N-dealkylation sites (N-methyl/N-ethyl adjacent to an activating group) is 1. The number of hydrogen-bond donors (Lipinski definition) is 0. The lowest BCUT2D eigenvalue weighted by Gasteiger charge is -2.32. The van der Waals surface area contributed by atoms with Gasteiger partial charge < -0.3 is 0 Å². The van der Waals surface area contributed by atoms with Crippen molar-refractivity contribution in [3.8, 4) is 0 Å². The molecule has 1 atom stereocenters. The number of benzene rings is 1. The molecule has 1 aromatic carbocycles. The molecule has 0 fully saturated rings. The van der Waals surface area contributed by atoms with Crippen LogP contribution in [0.25, 0.3) is 0 Å². The first kappa shape index (κ1) is 9.47. The van der Waals surface area contributed by atoms with E-state index in [1.807, 2.05) is 0 Å². The second-order valence-corrected chi connectivity index (χ2v) is 4.03. The molecule has 2 rings (SSSR count). The third kappa shape index (κ3) is 1.73. The van der Waals surface area contributed by atoms with E-state index in [4.69, 9.17) is 0 Å². The van der Waals surface area contributed by atoms with E-state index in [1.165, 1.54) is 17.6 Å². The summed E-state index contributed by atoms with van der Waals surface area (Å²) in [4.78, 5) is 2.42. The first-order valence-corrected chi connectivity index (χ1v) is 5.21. The normalized spacial score (nSPS) is 23.3. The van der Waals surface area contributed by atoms with Gasteiger partial charge in [0, 0.05) is 6.54 Å². The van der Waals surface area contributed by atoms with E-state index >= 15 is 0 Å². The highest BCUT2D eigenvalue weighted by molar-refractivity contribution is 5.28. The molecule has 0 aromatic heterocycles. The first-order valence-electron chi connectivity index (χ1n) is 5.21. The minimum atomic E-state index is 0.491. The van der Waals surface area contributed by atoms with Crippen molar-refractivity contribution in [2.45, 2.75) is 19.4 Å². The topological polar surface area (TPSA) is 3.24 Å². The molecule has 0 radical (unpaired) electrons. The molecule has 1 aliphatic rings. The van der Waals surface area contributed by atoms with Gasteiger partial charge in [-0.05, 0) is 26.0 Å². The molecule has 0 saturated carbocycles. The largest absolute Gasteiger partial charge is 0.295 e. The maximum Gasteiger partial charge on any atom is 0.0556 e. The monoisotopic (exact) mass is 187 g/mol. The Labute approximate surface area is 86.1 Å². The Morgan fingerprint density at radius 2 is 1.93 bits per heavy atom. The Morgan fingerprint density at radius 3 is 2.57 bits per heavy atom. The van der Waals surface area contributed by atoms with Crippen LogP contribution in [0.5, 0.6) is 0 Å². The Bertz CT molecular complexity index is 326. The standard InChI is InChI=1S/C13H17N/c1-11-7-6-10-14(2)13(11)12-8-4-3-5-9-12/h3-5,7-9,13H,6,10H2,1-2H3/t13-/m0/s1. The molecule has 1 heterocycles. The molecule has 0 saturated heterocycles. The molecule has 0 bridgehead atoms. The van der Waals surface area contributed by atoms with Crippen LogP contribution >= 0.6 is 0 Å². The zero-order chi connectivity index (χ0) is 9.97. The van der Waals surface area contributed by atoms with Crippen molar-refractivity contribution in [1.29, 1.82) is 0 Å².